The molecule has 0 saturated carbocycles. The predicted molar refractivity (Wildman–Crippen MR) is 253 cm³/mol. The van der Waals surface area contributed by atoms with Crippen LogP contribution in [0.2, 0.25) is 10.0 Å². The topological polar surface area (TPSA) is 161 Å². The van der Waals surface area contributed by atoms with Gasteiger partial charge in [0.25, 0.3) is 0 Å². The summed E-state index contributed by atoms with van der Waals surface area (Å²) in [6.07, 6.45) is 3.43. The van der Waals surface area contributed by atoms with Crippen LogP contribution in [0.5, 0.6) is 11.5 Å². The number of benzene rings is 4. The largest absolute Gasteiger partial charge is 0.457 e. The fourth-order valence-corrected chi connectivity index (χ4v) is 8.66. The lowest BCUT2D eigenvalue weighted by molar-refractivity contribution is -0.138. The molecule has 344 valence electrons. The van der Waals surface area contributed by atoms with E-state index in [1.165, 1.54) is 11.8 Å². The number of hydrogen-bond acceptors (Lipinski definition) is 8. The van der Waals surface area contributed by atoms with Crippen molar-refractivity contribution in [3.8, 4) is 22.8 Å². The summed E-state index contributed by atoms with van der Waals surface area (Å²) in [7, 11) is 5.96. The zero-order valence-electron chi connectivity index (χ0n) is 36.8. The number of aliphatic hydroxyl groups is 1. The van der Waals surface area contributed by atoms with E-state index in [0.29, 0.717) is 59.5 Å². The summed E-state index contributed by atoms with van der Waals surface area (Å²) in [4.78, 5) is 67.5. The molecule has 1 aromatic heterocycles. The molecule has 2 saturated heterocycles. The highest BCUT2D eigenvalue weighted by Crippen LogP contribution is 2.33. The number of hydrogen-bond donors (Lipinski definition) is 4. The van der Waals surface area contributed by atoms with Gasteiger partial charge in [-0.2, -0.15) is 0 Å². The van der Waals surface area contributed by atoms with Gasteiger partial charge in [0.1, 0.15) is 35.4 Å². The number of urea groups is 1. The third-order valence-electron chi connectivity index (χ3n) is 11.8. The Labute approximate surface area is 395 Å². The number of ether oxygens (including phenoxy) is 1. The van der Waals surface area contributed by atoms with Gasteiger partial charge in [0, 0.05) is 47.7 Å². The van der Waals surface area contributed by atoms with E-state index >= 15 is 0 Å². The second kappa shape index (κ2) is 21.6. The van der Waals surface area contributed by atoms with Gasteiger partial charge in [0.15, 0.2) is 0 Å². The number of carbonyl (C=O) groups is 4. The van der Waals surface area contributed by atoms with Crippen LogP contribution in [0.3, 0.4) is 0 Å². The van der Waals surface area contributed by atoms with E-state index in [2.05, 4.69) is 25.8 Å². The van der Waals surface area contributed by atoms with E-state index in [4.69, 9.17) is 27.9 Å². The quantitative estimate of drug-likeness (QED) is 0.112. The van der Waals surface area contributed by atoms with E-state index in [0.717, 1.165) is 28.2 Å². The Morgan fingerprint density at radius 1 is 0.877 bits per heavy atom. The van der Waals surface area contributed by atoms with E-state index < -0.39 is 48.1 Å². The molecule has 0 spiro atoms. The van der Waals surface area contributed by atoms with Gasteiger partial charge in [0.05, 0.1) is 37.1 Å². The zero-order chi connectivity index (χ0) is 45.5. The second-order valence-corrected chi connectivity index (χ2v) is 17.8. The third-order valence-corrected chi connectivity index (χ3v) is 12.3. The second-order valence-electron chi connectivity index (χ2n) is 16.9. The molecule has 2 fully saturated rings. The molecular formula is C48H55Cl3N8O6. The summed E-state index contributed by atoms with van der Waals surface area (Å²) >= 11 is 12.7. The van der Waals surface area contributed by atoms with Crippen LogP contribution in [0.25, 0.3) is 11.3 Å². The van der Waals surface area contributed by atoms with E-state index in [1.54, 1.807) is 35.2 Å². The highest BCUT2D eigenvalue weighted by Gasteiger charge is 2.43. The van der Waals surface area contributed by atoms with Gasteiger partial charge in [-0.05, 0) is 99.9 Å². The molecule has 14 nitrogen and oxygen atoms in total. The minimum absolute atomic E-state index is 0. The van der Waals surface area contributed by atoms with Crippen LogP contribution in [0.1, 0.15) is 42.3 Å². The fourth-order valence-electron chi connectivity index (χ4n) is 8.37. The van der Waals surface area contributed by atoms with Crippen LogP contribution in [0.15, 0.2) is 103 Å². The standard InChI is InChI=1S/C48H54Cl2N8O6.ClH/c1-31-44(60)52-40(29-59)45(61)54-48(25-33-11-16-36(49)17-12-33)21-8-22-57(30-48)46(62)39(23-32-9-6-5-7-10-32)53-47(63)58(31)27-35-13-18-37(50)24-42(35)64-38-19-14-34(15-20-38)41-26-51-43(56(41)4)28-55(2)3;/h5-7,9-20,24,26,31,39-40,59H,8,21-23,25,27-30H2,1-4H3,(H,52,60)(H,53,63)(H,54,61);1H. The zero-order valence-corrected chi connectivity index (χ0v) is 39.1. The normalized spacial score (nSPS) is 20.6. The number of nitrogens with one attached hydrogen (secondary N) is 3. The van der Waals surface area contributed by atoms with Gasteiger partial charge >= 0.3 is 6.03 Å². The van der Waals surface area contributed by atoms with Crippen molar-refractivity contribution in [3.05, 3.63) is 136 Å². The number of fused-ring (bicyclic) bond motifs is 2. The molecule has 0 aliphatic carbocycles. The number of aromatic nitrogens is 2. The van der Waals surface area contributed by atoms with Gasteiger partial charge in [-0.3, -0.25) is 14.4 Å². The molecule has 2 aliphatic heterocycles. The van der Waals surface area contributed by atoms with Crippen LogP contribution in [-0.2, 0) is 47.4 Å². The Balaban J connectivity index is 0.00000700. The molecule has 17 heteroatoms. The summed E-state index contributed by atoms with van der Waals surface area (Å²) < 4.78 is 8.46. The lowest BCUT2D eigenvalue weighted by Crippen LogP contribution is -2.67. The molecule has 4 aromatic carbocycles. The number of piperidine rings is 1. The molecule has 4 unspecified atom stereocenters. The number of amides is 5. The first-order valence-electron chi connectivity index (χ1n) is 21.3. The first kappa shape index (κ1) is 48.8. The number of rotatable bonds is 12. The Hall–Kier alpha value is -5.64. The van der Waals surface area contributed by atoms with Crippen molar-refractivity contribution in [2.45, 2.75) is 69.4 Å². The molecule has 4 N–H and O–H groups in total. The molecule has 65 heavy (non-hydrogen) atoms. The lowest BCUT2D eigenvalue weighted by Gasteiger charge is -2.45. The maximum Gasteiger partial charge on any atom is 0.319 e. The van der Waals surface area contributed by atoms with Crippen molar-refractivity contribution in [2.75, 3.05) is 33.8 Å². The highest BCUT2D eigenvalue weighted by molar-refractivity contribution is 6.31. The van der Waals surface area contributed by atoms with Crippen molar-refractivity contribution in [1.29, 1.82) is 0 Å². The molecule has 3 heterocycles. The summed E-state index contributed by atoms with van der Waals surface area (Å²) in [6.45, 7) is 1.87. The molecule has 5 aromatic rings. The van der Waals surface area contributed by atoms with E-state index in [1.807, 2.05) is 98.6 Å². The molecular weight excluding hydrogens is 891 g/mol. The van der Waals surface area contributed by atoms with Gasteiger partial charge in [-0.25, -0.2) is 9.78 Å². The Kier molecular flexibility index (Phi) is 16.2. The van der Waals surface area contributed by atoms with Gasteiger partial charge < -0.3 is 45.1 Å². The molecule has 2 aliphatic rings. The van der Waals surface area contributed by atoms with Crippen LogP contribution >= 0.6 is 35.6 Å². The Bertz CT molecular complexity index is 2450. The monoisotopic (exact) mass is 944 g/mol. The number of nitrogens with zero attached hydrogens (tertiary/aromatic N) is 5. The number of carbonyl (C=O) groups excluding carboxylic acids is 4. The van der Waals surface area contributed by atoms with Crippen LogP contribution in [0.4, 0.5) is 4.79 Å². The average Bonchev–Trinajstić information content (AvgIpc) is 3.63. The molecule has 5 amide bonds. The van der Waals surface area contributed by atoms with Crippen LogP contribution in [-0.4, -0.2) is 111 Å². The van der Waals surface area contributed by atoms with Gasteiger partial charge in [0.2, 0.25) is 17.7 Å². The summed E-state index contributed by atoms with van der Waals surface area (Å²) in [5.74, 6) is 0.117. The van der Waals surface area contributed by atoms with Crippen LogP contribution in [0, 0.1) is 0 Å². The van der Waals surface area contributed by atoms with Crippen molar-refractivity contribution in [1.82, 2.24) is 40.2 Å². The third kappa shape index (κ3) is 12.0. The Morgan fingerprint density at radius 2 is 1.58 bits per heavy atom. The Morgan fingerprint density at radius 3 is 2.28 bits per heavy atom. The minimum atomic E-state index is -1.36. The smallest absolute Gasteiger partial charge is 0.319 e. The summed E-state index contributed by atoms with van der Waals surface area (Å²) in [5.41, 5.74) is 3.13. The summed E-state index contributed by atoms with van der Waals surface area (Å²) in [5, 5.41) is 20.3. The molecule has 4 atom stereocenters. The number of aliphatic hydroxyl groups excluding tert-OH is 1. The van der Waals surface area contributed by atoms with Gasteiger partial charge in [-0.15, -0.1) is 12.4 Å². The lowest BCUT2D eigenvalue weighted by atomic mass is 9.82. The molecule has 2 bridgehead atoms. The maximum atomic E-state index is 14.8. The predicted octanol–water partition coefficient (Wildman–Crippen LogP) is 6.39. The number of imidazole rings is 1. The first-order chi connectivity index (χ1) is 30.7. The SMILES string of the molecule is CC1C(=O)NC(CO)C(=O)NC2(Cc3ccc(Cl)cc3)CCCN(C2)C(=O)C(Cc2ccccc2)NC(=O)N1Cc1ccc(Cl)cc1Oc1ccc(-c2cnc(CN(C)C)n2C)cc1.Cl. The van der Waals surface area contributed by atoms with Crippen molar-refractivity contribution in [3.63, 3.8) is 0 Å². The van der Waals surface area contributed by atoms with E-state index in [-0.39, 0.29) is 37.8 Å². The highest BCUT2D eigenvalue weighted by atomic mass is 35.5. The van der Waals surface area contributed by atoms with Crippen molar-refractivity contribution >= 4 is 59.4 Å². The maximum absolute atomic E-state index is 14.8. The van der Waals surface area contributed by atoms with Crippen molar-refractivity contribution < 1.29 is 29.0 Å². The van der Waals surface area contributed by atoms with Crippen LogP contribution < -0.4 is 20.7 Å². The minimum Gasteiger partial charge on any atom is -0.457 e. The molecule has 0 radical (unpaired) electrons. The molecule has 7 rings (SSSR count). The van der Waals surface area contributed by atoms with Gasteiger partial charge in [-0.1, -0.05) is 71.7 Å². The average molecular weight is 946 g/mol. The van der Waals surface area contributed by atoms with Crippen molar-refractivity contribution in [2.24, 2.45) is 7.05 Å². The fraction of sp³-hybridized carbons (Fsp3) is 0.354. The number of halogens is 3. The first-order valence-corrected chi connectivity index (χ1v) is 22.1. The summed E-state index contributed by atoms with van der Waals surface area (Å²) in [6, 6.07) is 24.9. The van der Waals surface area contributed by atoms with E-state index in [9.17, 15) is 24.3 Å².